The molecule has 5 heteroatoms. The van der Waals surface area contributed by atoms with E-state index in [1.165, 1.54) is 0 Å². The molecule has 1 amide bonds. The van der Waals surface area contributed by atoms with Gasteiger partial charge in [-0.05, 0) is 31.0 Å². The van der Waals surface area contributed by atoms with Crippen molar-refractivity contribution in [2.24, 2.45) is 0 Å². The fourth-order valence-corrected chi connectivity index (χ4v) is 2.13. The maximum absolute atomic E-state index is 12.1. The van der Waals surface area contributed by atoms with Gasteiger partial charge in [0.25, 0.3) is 5.91 Å². The Balaban J connectivity index is 2.11. The number of benzene rings is 1. The van der Waals surface area contributed by atoms with E-state index in [0.717, 1.165) is 24.1 Å². The number of amides is 1. The maximum Gasteiger partial charge on any atom is 0.258 e. The Bertz CT molecular complexity index is 592. The number of halogens is 1. The van der Waals surface area contributed by atoms with Crippen LogP contribution in [0.5, 0.6) is 0 Å². The van der Waals surface area contributed by atoms with E-state index in [-0.39, 0.29) is 5.91 Å². The van der Waals surface area contributed by atoms with Gasteiger partial charge in [-0.1, -0.05) is 31.0 Å². The maximum atomic E-state index is 12.1. The second-order valence-electron chi connectivity index (χ2n) is 4.47. The molecule has 0 saturated heterocycles. The van der Waals surface area contributed by atoms with Gasteiger partial charge in [0.15, 0.2) is 5.82 Å². The van der Waals surface area contributed by atoms with Gasteiger partial charge in [-0.2, -0.15) is 5.10 Å². The van der Waals surface area contributed by atoms with Crippen LogP contribution in [0.2, 0.25) is 5.02 Å². The Kier molecular flexibility index (Phi) is 4.22. The lowest BCUT2D eigenvalue weighted by Gasteiger charge is -2.04. The van der Waals surface area contributed by atoms with Crippen LogP contribution in [0.1, 0.15) is 35.0 Å². The number of carbonyl (C=O) groups is 1. The molecule has 0 radical (unpaired) electrons. The van der Waals surface area contributed by atoms with E-state index in [2.05, 4.69) is 22.4 Å². The minimum absolute atomic E-state index is 0.250. The van der Waals surface area contributed by atoms with Crippen molar-refractivity contribution in [2.75, 3.05) is 5.32 Å². The van der Waals surface area contributed by atoms with Gasteiger partial charge < -0.3 is 5.32 Å². The van der Waals surface area contributed by atoms with Crippen LogP contribution in [-0.2, 0) is 6.42 Å². The number of anilines is 1. The first-order valence-corrected chi connectivity index (χ1v) is 6.59. The predicted molar refractivity (Wildman–Crippen MR) is 76.7 cm³/mol. The van der Waals surface area contributed by atoms with Crippen LogP contribution >= 0.6 is 11.6 Å². The zero-order chi connectivity index (χ0) is 13.8. The molecule has 0 aliphatic carbocycles. The Morgan fingerprint density at radius 2 is 2.21 bits per heavy atom. The highest BCUT2D eigenvalue weighted by Gasteiger charge is 2.12. The predicted octanol–water partition coefficient (Wildman–Crippen LogP) is 3.58. The highest BCUT2D eigenvalue weighted by molar-refractivity contribution is 6.34. The van der Waals surface area contributed by atoms with E-state index in [4.69, 9.17) is 11.6 Å². The third-order valence-corrected chi connectivity index (χ3v) is 3.07. The van der Waals surface area contributed by atoms with Crippen LogP contribution in [0.3, 0.4) is 0 Å². The van der Waals surface area contributed by atoms with E-state index in [0.29, 0.717) is 16.4 Å². The molecular weight excluding hydrogens is 262 g/mol. The summed E-state index contributed by atoms with van der Waals surface area (Å²) in [6.07, 6.45) is 1.94. The molecule has 2 aromatic rings. The normalized spacial score (nSPS) is 10.5. The molecule has 2 N–H and O–H groups in total. The van der Waals surface area contributed by atoms with E-state index < -0.39 is 0 Å². The van der Waals surface area contributed by atoms with Crippen molar-refractivity contribution in [1.82, 2.24) is 10.2 Å². The monoisotopic (exact) mass is 277 g/mol. The first-order chi connectivity index (χ1) is 9.10. The Labute approximate surface area is 117 Å². The number of aromatic amines is 1. The quantitative estimate of drug-likeness (QED) is 0.897. The molecule has 0 atom stereocenters. The average molecular weight is 278 g/mol. The molecule has 1 aromatic heterocycles. The fraction of sp³-hybridized carbons (Fsp3) is 0.286. The number of hydrogen-bond acceptors (Lipinski definition) is 2. The average Bonchev–Trinajstić information content (AvgIpc) is 2.76. The van der Waals surface area contributed by atoms with Crippen molar-refractivity contribution in [3.8, 4) is 0 Å². The summed E-state index contributed by atoms with van der Waals surface area (Å²) in [7, 11) is 0. The standard InChI is InChI=1S/C14H16ClN3O/c1-3-4-10-8-13(18-17-10)16-14(19)11-6-5-9(2)7-12(11)15/h5-8H,3-4H2,1-2H3,(H2,16,17,18,19). The molecule has 2 rings (SSSR count). The van der Waals surface area contributed by atoms with Crippen LogP contribution in [0.4, 0.5) is 5.82 Å². The van der Waals surface area contributed by atoms with Crippen molar-refractivity contribution in [3.05, 3.63) is 46.1 Å². The van der Waals surface area contributed by atoms with Crippen molar-refractivity contribution in [2.45, 2.75) is 26.7 Å². The molecule has 0 spiro atoms. The van der Waals surface area contributed by atoms with Crippen LogP contribution in [0.25, 0.3) is 0 Å². The molecule has 0 bridgehead atoms. The fourth-order valence-electron chi connectivity index (χ4n) is 1.81. The van der Waals surface area contributed by atoms with Crippen molar-refractivity contribution in [1.29, 1.82) is 0 Å². The van der Waals surface area contributed by atoms with E-state index in [1.54, 1.807) is 12.1 Å². The second-order valence-corrected chi connectivity index (χ2v) is 4.87. The van der Waals surface area contributed by atoms with Gasteiger partial charge in [0, 0.05) is 11.8 Å². The van der Waals surface area contributed by atoms with Gasteiger partial charge in [0.1, 0.15) is 0 Å². The van der Waals surface area contributed by atoms with Gasteiger partial charge in [-0.3, -0.25) is 9.89 Å². The third kappa shape index (κ3) is 3.35. The van der Waals surface area contributed by atoms with Crippen LogP contribution in [0, 0.1) is 6.92 Å². The molecule has 100 valence electrons. The van der Waals surface area contributed by atoms with Crippen molar-refractivity contribution >= 4 is 23.3 Å². The van der Waals surface area contributed by atoms with Crippen LogP contribution in [0.15, 0.2) is 24.3 Å². The number of aryl methyl sites for hydroxylation is 2. The molecule has 1 heterocycles. The summed E-state index contributed by atoms with van der Waals surface area (Å²) in [4.78, 5) is 12.1. The van der Waals surface area contributed by atoms with Gasteiger partial charge in [-0.15, -0.1) is 0 Å². The first kappa shape index (κ1) is 13.6. The topological polar surface area (TPSA) is 57.8 Å². The molecule has 0 saturated carbocycles. The summed E-state index contributed by atoms with van der Waals surface area (Å²) in [6.45, 7) is 4.02. The summed E-state index contributed by atoms with van der Waals surface area (Å²) >= 11 is 6.06. The van der Waals surface area contributed by atoms with E-state index >= 15 is 0 Å². The van der Waals surface area contributed by atoms with E-state index in [9.17, 15) is 4.79 Å². The molecule has 0 aliphatic rings. The number of carbonyl (C=O) groups excluding carboxylic acids is 1. The summed E-state index contributed by atoms with van der Waals surface area (Å²) in [5.74, 6) is 0.268. The minimum Gasteiger partial charge on any atom is -0.305 e. The van der Waals surface area contributed by atoms with Gasteiger partial charge in [0.2, 0.25) is 0 Å². The molecule has 0 fully saturated rings. The Hall–Kier alpha value is -1.81. The molecule has 1 aromatic carbocycles. The Morgan fingerprint density at radius 3 is 2.89 bits per heavy atom. The highest BCUT2D eigenvalue weighted by Crippen LogP contribution is 2.19. The summed E-state index contributed by atoms with van der Waals surface area (Å²) in [5, 5.41) is 10.1. The number of H-pyrrole nitrogens is 1. The smallest absolute Gasteiger partial charge is 0.258 e. The molecular formula is C14H16ClN3O. The molecule has 0 unspecified atom stereocenters. The zero-order valence-corrected chi connectivity index (χ0v) is 11.7. The second kappa shape index (κ2) is 5.89. The third-order valence-electron chi connectivity index (χ3n) is 2.76. The highest BCUT2D eigenvalue weighted by atomic mass is 35.5. The van der Waals surface area contributed by atoms with Gasteiger partial charge >= 0.3 is 0 Å². The lowest BCUT2D eigenvalue weighted by molar-refractivity contribution is 0.102. The largest absolute Gasteiger partial charge is 0.305 e. The number of nitrogens with zero attached hydrogens (tertiary/aromatic N) is 1. The Morgan fingerprint density at radius 1 is 1.42 bits per heavy atom. The summed E-state index contributed by atoms with van der Waals surface area (Å²) < 4.78 is 0. The van der Waals surface area contributed by atoms with Crippen molar-refractivity contribution < 1.29 is 4.79 Å². The van der Waals surface area contributed by atoms with Crippen molar-refractivity contribution in [3.63, 3.8) is 0 Å². The van der Waals surface area contributed by atoms with Gasteiger partial charge in [-0.25, -0.2) is 0 Å². The minimum atomic E-state index is -0.250. The summed E-state index contributed by atoms with van der Waals surface area (Å²) in [5.41, 5.74) is 2.48. The number of aromatic nitrogens is 2. The van der Waals surface area contributed by atoms with Gasteiger partial charge in [0.05, 0.1) is 10.6 Å². The number of hydrogen-bond donors (Lipinski definition) is 2. The van der Waals surface area contributed by atoms with Crippen LogP contribution < -0.4 is 5.32 Å². The summed E-state index contributed by atoms with van der Waals surface area (Å²) in [6, 6.07) is 7.17. The van der Waals surface area contributed by atoms with E-state index in [1.807, 2.05) is 19.1 Å². The molecule has 19 heavy (non-hydrogen) atoms. The number of nitrogens with one attached hydrogen (secondary N) is 2. The van der Waals surface area contributed by atoms with Crippen LogP contribution in [-0.4, -0.2) is 16.1 Å². The SMILES string of the molecule is CCCc1cc(NC(=O)c2ccc(C)cc2Cl)n[nH]1. The first-order valence-electron chi connectivity index (χ1n) is 6.22. The molecule has 0 aliphatic heterocycles. The molecule has 4 nitrogen and oxygen atoms in total. The lowest BCUT2D eigenvalue weighted by atomic mass is 10.1. The zero-order valence-electron chi connectivity index (χ0n) is 11.0. The number of rotatable bonds is 4. The lowest BCUT2D eigenvalue weighted by Crippen LogP contribution is -2.12.